The lowest BCUT2D eigenvalue weighted by Crippen LogP contribution is -2.64. The maximum absolute atomic E-state index is 13.7. The third-order valence-electron chi connectivity index (χ3n) is 3.74. The maximum Gasteiger partial charge on any atom is 0.257 e. The Labute approximate surface area is 109 Å². The number of β-amino-alcohol motifs (C(OH)–C–C–N with tert-alkyl or cyclic N) is 1. The number of amides is 1. The Bertz CT molecular complexity index is 510. The fourth-order valence-electron chi connectivity index (χ4n) is 2.48. The second-order valence-electron chi connectivity index (χ2n) is 5.14. The molecule has 1 aromatic carbocycles. The van der Waals surface area contributed by atoms with Gasteiger partial charge in [-0.15, -0.1) is 0 Å². The predicted octanol–water partition coefficient (Wildman–Crippen LogP) is 2.08. The van der Waals surface area contributed by atoms with Gasteiger partial charge in [-0.3, -0.25) is 4.79 Å². The highest BCUT2D eigenvalue weighted by Crippen LogP contribution is 2.44. The number of carbonyl (C=O) groups excluding carboxylic acids is 1. The summed E-state index contributed by atoms with van der Waals surface area (Å²) in [6.45, 7) is 0.588. The summed E-state index contributed by atoms with van der Waals surface area (Å²) >= 11 is 5.65. The van der Waals surface area contributed by atoms with Crippen molar-refractivity contribution in [1.29, 1.82) is 0 Å². The number of halogens is 2. The average molecular weight is 270 g/mol. The van der Waals surface area contributed by atoms with Crippen LogP contribution in [0.4, 0.5) is 4.39 Å². The molecule has 0 atom stereocenters. The lowest BCUT2D eigenvalue weighted by Gasteiger charge is -2.47. The molecule has 0 aromatic heterocycles. The third kappa shape index (κ3) is 1.80. The molecule has 1 amide bonds. The van der Waals surface area contributed by atoms with E-state index in [0.29, 0.717) is 19.0 Å². The summed E-state index contributed by atoms with van der Waals surface area (Å²) in [5, 5.41) is 10.1. The molecule has 0 unspecified atom stereocenters. The summed E-state index contributed by atoms with van der Waals surface area (Å²) in [5.41, 5.74) is -0.773. The van der Waals surface area contributed by atoms with Crippen LogP contribution in [-0.4, -0.2) is 34.6 Å². The zero-order chi connectivity index (χ0) is 12.9. The lowest BCUT2D eigenvalue weighted by atomic mass is 9.88. The highest BCUT2D eigenvalue weighted by Gasteiger charge is 2.53. The Morgan fingerprint density at radius 2 is 2.11 bits per heavy atom. The number of hydrogen-bond acceptors (Lipinski definition) is 2. The number of carbonyl (C=O) groups is 1. The molecule has 1 saturated carbocycles. The number of hydrogen-bond donors (Lipinski definition) is 1. The molecule has 2 fully saturated rings. The van der Waals surface area contributed by atoms with E-state index in [1.807, 2.05) is 0 Å². The minimum absolute atomic E-state index is 0.0275. The molecule has 3 rings (SSSR count). The van der Waals surface area contributed by atoms with Gasteiger partial charge in [-0.2, -0.15) is 0 Å². The molecule has 1 aliphatic heterocycles. The number of benzene rings is 1. The van der Waals surface area contributed by atoms with Crippen molar-refractivity contribution in [2.45, 2.75) is 18.4 Å². The van der Waals surface area contributed by atoms with Gasteiger partial charge >= 0.3 is 0 Å². The maximum atomic E-state index is 13.7. The van der Waals surface area contributed by atoms with Crippen molar-refractivity contribution in [3.05, 3.63) is 34.6 Å². The summed E-state index contributed by atoms with van der Waals surface area (Å²) in [6.07, 6.45) is 2.04. The van der Waals surface area contributed by atoms with Gasteiger partial charge in [0.05, 0.1) is 23.7 Å². The van der Waals surface area contributed by atoms with E-state index in [1.54, 1.807) is 6.07 Å². The van der Waals surface area contributed by atoms with Crippen LogP contribution in [0.2, 0.25) is 5.02 Å². The van der Waals surface area contributed by atoms with Crippen LogP contribution in [0, 0.1) is 11.7 Å². The highest BCUT2D eigenvalue weighted by atomic mass is 35.5. The third-order valence-corrected chi connectivity index (χ3v) is 4.03. The second kappa shape index (κ2) is 3.93. The molecular weight excluding hydrogens is 257 g/mol. The van der Waals surface area contributed by atoms with Gasteiger partial charge in [-0.1, -0.05) is 17.7 Å². The van der Waals surface area contributed by atoms with Crippen LogP contribution in [0.15, 0.2) is 18.2 Å². The van der Waals surface area contributed by atoms with Gasteiger partial charge in [0.2, 0.25) is 0 Å². The molecular formula is C13H13ClFNO2. The van der Waals surface area contributed by atoms with Crippen LogP contribution in [0.3, 0.4) is 0 Å². The Morgan fingerprint density at radius 3 is 2.72 bits per heavy atom. The topological polar surface area (TPSA) is 40.5 Å². The van der Waals surface area contributed by atoms with Crippen molar-refractivity contribution in [2.24, 2.45) is 5.92 Å². The van der Waals surface area contributed by atoms with Gasteiger partial charge in [-0.25, -0.2) is 4.39 Å². The molecule has 5 heteroatoms. The number of aliphatic hydroxyl groups is 1. The SMILES string of the molecule is O=C(c1cccc(Cl)c1F)N1CC(O)(C2CC2)C1. The van der Waals surface area contributed by atoms with Gasteiger partial charge in [0.15, 0.2) is 5.82 Å². The van der Waals surface area contributed by atoms with Crippen molar-refractivity contribution in [1.82, 2.24) is 4.90 Å². The summed E-state index contributed by atoms with van der Waals surface area (Å²) in [6, 6.07) is 4.37. The van der Waals surface area contributed by atoms with Crippen molar-refractivity contribution < 1.29 is 14.3 Å². The molecule has 2 aliphatic rings. The van der Waals surface area contributed by atoms with E-state index in [4.69, 9.17) is 11.6 Å². The first kappa shape index (κ1) is 11.9. The van der Waals surface area contributed by atoms with Crippen LogP contribution in [0.1, 0.15) is 23.2 Å². The minimum atomic E-state index is -0.745. The molecule has 1 N–H and O–H groups in total. The van der Waals surface area contributed by atoms with E-state index >= 15 is 0 Å². The summed E-state index contributed by atoms with van der Waals surface area (Å²) in [7, 11) is 0. The standard InChI is InChI=1S/C13H13ClFNO2/c14-10-3-1-2-9(11(10)15)12(17)16-6-13(18,7-16)8-4-5-8/h1-3,8,18H,4-7H2. The summed E-state index contributed by atoms with van der Waals surface area (Å²) in [4.78, 5) is 13.5. The fraction of sp³-hybridized carbons (Fsp3) is 0.462. The smallest absolute Gasteiger partial charge is 0.257 e. The van der Waals surface area contributed by atoms with Crippen LogP contribution >= 0.6 is 11.6 Å². The molecule has 1 aromatic rings. The molecule has 0 radical (unpaired) electrons. The molecule has 1 aliphatic carbocycles. The van der Waals surface area contributed by atoms with E-state index in [2.05, 4.69) is 0 Å². The quantitative estimate of drug-likeness (QED) is 0.893. The first-order valence-electron chi connectivity index (χ1n) is 5.97. The van der Waals surface area contributed by atoms with Gasteiger partial charge < -0.3 is 10.0 Å². The largest absolute Gasteiger partial charge is 0.386 e. The summed E-state index contributed by atoms with van der Waals surface area (Å²) in [5.74, 6) is -0.780. The van der Waals surface area contributed by atoms with Crippen LogP contribution < -0.4 is 0 Å². The van der Waals surface area contributed by atoms with Crippen molar-refractivity contribution >= 4 is 17.5 Å². The van der Waals surface area contributed by atoms with Gasteiger partial charge in [0.1, 0.15) is 5.60 Å². The van der Waals surface area contributed by atoms with Gasteiger partial charge in [-0.05, 0) is 30.9 Å². The molecule has 1 saturated heterocycles. The normalized spacial score (nSPS) is 21.6. The Balaban J connectivity index is 1.74. The van der Waals surface area contributed by atoms with E-state index in [0.717, 1.165) is 12.8 Å². The number of rotatable bonds is 2. The summed E-state index contributed by atoms with van der Waals surface area (Å²) < 4.78 is 13.7. The number of likely N-dealkylation sites (tertiary alicyclic amines) is 1. The lowest BCUT2D eigenvalue weighted by molar-refractivity contribution is -0.0959. The van der Waals surface area contributed by atoms with Crippen molar-refractivity contribution in [3.8, 4) is 0 Å². The van der Waals surface area contributed by atoms with Crippen molar-refractivity contribution in [3.63, 3.8) is 0 Å². The fourth-order valence-corrected chi connectivity index (χ4v) is 2.65. The highest BCUT2D eigenvalue weighted by molar-refractivity contribution is 6.31. The first-order valence-corrected chi connectivity index (χ1v) is 6.35. The van der Waals surface area contributed by atoms with E-state index < -0.39 is 17.3 Å². The predicted molar refractivity (Wildman–Crippen MR) is 65.0 cm³/mol. The molecule has 1 heterocycles. The minimum Gasteiger partial charge on any atom is -0.386 e. The molecule has 0 bridgehead atoms. The van der Waals surface area contributed by atoms with Crippen LogP contribution in [-0.2, 0) is 0 Å². The zero-order valence-corrected chi connectivity index (χ0v) is 10.5. The molecule has 96 valence electrons. The molecule has 18 heavy (non-hydrogen) atoms. The van der Waals surface area contributed by atoms with Crippen LogP contribution in [0.25, 0.3) is 0 Å². The average Bonchev–Trinajstić information content (AvgIpc) is 3.12. The zero-order valence-electron chi connectivity index (χ0n) is 9.70. The number of nitrogens with zero attached hydrogens (tertiary/aromatic N) is 1. The monoisotopic (exact) mass is 269 g/mol. The van der Waals surface area contributed by atoms with Crippen molar-refractivity contribution in [2.75, 3.05) is 13.1 Å². The van der Waals surface area contributed by atoms with Gasteiger partial charge in [0, 0.05) is 0 Å². The van der Waals surface area contributed by atoms with Gasteiger partial charge in [0.25, 0.3) is 5.91 Å². The Kier molecular flexibility index (Phi) is 2.61. The second-order valence-corrected chi connectivity index (χ2v) is 5.55. The Hall–Kier alpha value is -1.13. The molecule has 0 spiro atoms. The van der Waals surface area contributed by atoms with E-state index in [-0.39, 0.29) is 10.6 Å². The van der Waals surface area contributed by atoms with E-state index in [9.17, 15) is 14.3 Å². The van der Waals surface area contributed by atoms with E-state index in [1.165, 1.54) is 17.0 Å². The first-order chi connectivity index (χ1) is 8.51. The molecule has 3 nitrogen and oxygen atoms in total. The Morgan fingerprint density at radius 1 is 1.44 bits per heavy atom. The van der Waals surface area contributed by atoms with Crippen LogP contribution in [0.5, 0.6) is 0 Å².